The zero-order valence-corrected chi connectivity index (χ0v) is 12.3. The van der Waals surface area contributed by atoms with Gasteiger partial charge < -0.3 is 10.4 Å². The van der Waals surface area contributed by atoms with E-state index in [-0.39, 0.29) is 18.5 Å². The molecule has 1 atom stereocenters. The minimum Gasteiger partial charge on any atom is -0.394 e. The summed E-state index contributed by atoms with van der Waals surface area (Å²) in [6.07, 6.45) is 2.63. The topological polar surface area (TPSA) is 62.5 Å². The summed E-state index contributed by atoms with van der Waals surface area (Å²) in [5.41, 5.74) is 1.61. The molecule has 3 aromatic rings. The average Bonchev–Trinajstić information content (AvgIpc) is 3.03. The molecule has 0 aliphatic rings. The largest absolute Gasteiger partial charge is 0.394 e. The maximum absolute atomic E-state index is 12.9. The lowest BCUT2D eigenvalue weighted by Crippen LogP contribution is -2.22. The quantitative estimate of drug-likeness (QED) is 0.761. The van der Waals surface area contributed by atoms with Gasteiger partial charge in [-0.15, -0.1) is 5.10 Å². The van der Waals surface area contributed by atoms with Crippen LogP contribution in [-0.2, 0) is 0 Å². The Kier molecular flexibility index (Phi) is 3.85. The van der Waals surface area contributed by atoms with Crippen molar-refractivity contribution in [1.29, 1.82) is 0 Å². The summed E-state index contributed by atoms with van der Waals surface area (Å²) in [5.74, 6) is -0.265. The van der Waals surface area contributed by atoms with Crippen LogP contribution < -0.4 is 5.32 Å². The summed E-state index contributed by atoms with van der Waals surface area (Å²) in [5, 5.41) is 17.5. The molecule has 3 rings (SSSR count). The average molecular weight is 306 g/mol. The molecule has 21 heavy (non-hydrogen) atoms. The second kappa shape index (κ2) is 5.79. The molecule has 0 fully saturated rings. The van der Waals surface area contributed by atoms with Crippen LogP contribution in [-0.4, -0.2) is 32.4 Å². The monoisotopic (exact) mass is 306 g/mol. The van der Waals surface area contributed by atoms with Gasteiger partial charge in [-0.3, -0.25) is 0 Å². The summed E-state index contributed by atoms with van der Waals surface area (Å²) in [7, 11) is 0. The Morgan fingerprint density at radius 3 is 2.76 bits per heavy atom. The molecule has 2 N–H and O–H groups in total. The van der Waals surface area contributed by atoms with Gasteiger partial charge in [-0.1, -0.05) is 18.3 Å². The van der Waals surface area contributed by atoms with Crippen molar-refractivity contribution in [2.24, 2.45) is 0 Å². The van der Waals surface area contributed by atoms with E-state index in [4.69, 9.17) is 0 Å². The Morgan fingerprint density at radius 1 is 1.38 bits per heavy atom. The summed E-state index contributed by atoms with van der Waals surface area (Å²) in [6.45, 7) is 2.07. The highest BCUT2D eigenvalue weighted by atomic mass is 32.1. The van der Waals surface area contributed by atoms with Crippen LogP contribution in [0.25, 0.3) is 16.2 Å². The van der Waals surface area contributed by atoms with Crippen LogP contribution in [0.2, 0.25) is 0 Å². The van der Waals surface area contributed by atoms with Crippen molar-refractivity contribution >= 4 is 21.4 Å². The number of aliphatic hydroxyl groups excluding tert-OH is 1. The summed E-state index contributed by atoms with van der Waals surface area (Å²) in [4.78, 5) is 5.24. The molecular weight excluding hydrogens is 291 g/mol. The highest BCUT2D eigenvalue weighted by molar-refractivity contribution is 7.20. The second-order valence-corrected chi connectivity index (χ2v) is 5.66. The minimum atomic E-state index is -0.265. The number of benzene rings is 1. The fourth-order valence-electron chi connectivity index (χ4n) is 1.97. The van der Waals surface area contributed by atoms with E-state index in [0.717, 1.165) is 27.8 Å². The molecular formula is C14H15FN4OS. The van der Waals surface area contributed by atoms with Crippen LogP contribution >= 0.6 is 11.3 Å². The number of rotatable bonds is 5. The first-order valence-electron chi connectivity index (χ1n) is 6.69. The van der Waals surface area contributed by atoms with Gasteiger partial charge in [0.25, 0.3) is 0 Å². The number of aliphatic hydroxyl groups is 1. The molecule has 0 aliphatic carbocycles. The van der Waals surface area contributed by atoms with Crippen molar-refractivity contribution in [1.82, 2.24) is 14.6 Å². The van der Waals surface area contributed by atoms with Crippen LogP contribution in [0.5, 0.6) is 0 Å². The Morgan fingerprint density at radius 2 is 2.14 bits per heavy atom. The van der Waals surface area contributed by atoms with E-state index < -0.39 is 0 Å². The standard InChI is InChI=1S/C14H15FN4OS/c1-2-11(8-20)16-13-18-19-7-12(17-14(19)21-13)9-3-5-10(15)6-4-9/h3-7,11,20H,2,8H2,1H3,(H,16,18). The molecule has 2 heterocycles. The fraction of sp³-hybridized carbons (Fsp3) is 0.286. The predicted octanol–water partition coefficient (Wildman–Crippen LogP) is 2.78. The molecule has 110 valence electrons. The van der Waals surface area contributed by atoms with Gasteiger partial charge in [-0.05, 0) is 30.7 Å². The fourth-order valence-corrected chi connectivity index (χ4v) is 2.83. The molecule has 1 unspecified atom stereocenters. The zero-order valence-electron chi connectivity index (χ0n) is 11.5. The third-order valence-corrected chi connectivity index (χ3v) is 4.08. The smallest absolute Gasteiger partial charge is 0.214 e. The van der Waals surface area contributed by atoms with Crippen LogP contribution in [0, 0.1) is 5.82 Å². The first-order chi connectivity index (χ1) is 10.2. The van der Waals surface area contributed by atoms with E-state index in [1.807, 2.05) is 13.1 Å². The van der Waals surface area contributed by atoms with Gasteiger partial charge in [-0.2, -0.15) is 0 Å². The number of hydrogen-bond acceptors (Lipinski definition) is 5. The molecule has 0 amide bonds. The first kappa shape index (κ1) is 14.0. The summed E-state index contributed by atoms with van der Waals surface area (Å²) in [6, 6.07) is 6.21. The lowest BCUT2D eigenvalue weighted by molar-refractivity contribution is 0.271. The molecule has 0 saturated carbocycles. The molecule has 0 saturated heterocycles. The van der Waals surface area contributed by atoms with Crippen LogP contribution in [0.4, 0.5) is 9.52 Å². The second-order valence-electron chi connectivity index (χ2n) is 4.70. The van der Waals surface area contributed by atoms with Crippen LogP contribution in [0.1, 0.15) is 13.3 Å². The van der Waals surface area contributed by atoms with Crippen molar-refractivity contribution in [2.45, 2.75) is 19.4 Å². The van der Waals surface area contributed by atoms with Gasteiger partial charge in [-0.25, -0.2) is 13.9 Å². The van der Waals surface area contributed by atoms with Gasteiger partial charge in [0, 0.05) is 5.56 Å². The molecule has 2 aromatic heterocycles. The predicted molar refractivity (Wildman–Crippen MR) is 81.0 cm³/mol. The normalized spacial score (nSPS) is 12.7. The Labute approximate surface area is 125 Å². The number of nitrogens with one attached hydrogen (secondary N) is 1. The third-order valence-electron chi connectivity index (χ3n) is 3.22. The van der Waals surface area contributed by atoms with Gasteiger partial charge in [0.1, 0.15) is 5.82 Å². The molecule has 0 spiro atoms. The van der Waals surface area contributed by atoms with Crippen LogP contribution in [0.15, 0.2) is 30.5 Å². The number of imidazole rings is 1. The molecule has 7 heteroatoms. The van der Waals surface area contributed by atoms with E-state index in [1.54, 1.807) is 16.6 Å². The van der Waals surface area contributed by atoms with Crippen LogP contribution in [0.3, 0.4) is 0 Å². The van der Waals surface area contributed by atoms with Gasteiger partial charge in [0.15, 0.2) is 0 Å². The highest BCUT2D eigenvalue weighted by Crippen LogP contribution is 2.25. The Bertz CT molecular complexity index is 702. The molecule has 5 nitrogen and oxygen atoms in total. The van der Waals surface area contributed by atoms with Gasteiger partial charge in [0.2, 0.25) is 10.1 Å². The molecule has 0 radical (unpaired) electrons. The van der Waals surface area contributed by atoms with E-state index in [2.05, 4.69) is 15.4 Å². The van der Waals surface area contributed by atoms with E-state index >= 15 is 0 Å². The van der Waals surface area contributed by atoms with Crippen molar-refractivity contribution in [2.75, 3.05) is 11.9 Å². The number of nitrogens with zero attached hydrogens (tertiary/aromatic N) is 3. The highest BCUT2D eigenvalue weighted by Gasteiger charge is 2.12. The molecule has 1 aromatic carbocycles. The van der Waals surface area contributed by atoms with Crippen molar-refractivity contribution < 1.29 is 9.50 Å². The number of aromatic nitrogens is 3. The lowest BCUT2D eigenvalue weighted by atomic mass is 10.2. The summed E-state index contributed by atoms with van der Waals surface area (Å²) >= 11 is 1.42. The number of halogens is 1. The van der Waals surface area contributed by atoms with Crippen molar-refractivity contribution in [3.05, 3.63) is 36.3 Å². The minimum absolute atomic E-state index is 0.00238. The maximum Gasteiger partial charge on any atom is 0.214 e. The zero-order chi connectivity index (χ0) is 14.8. The Balaban J connectivity index is 1.85. The van der Waals surface area contributed by atoms with E-state index in [0.29, 0.717) is 0 Å². The van der Waals surface area contributed by atoms with E-state index in [1.165, 1.54) is 23.5 Å². The van der Waals surface area contributed by atoms with E-state index in [9.17, 15) is 9.50 Å². The molecule has 0 bridgehead atoms. The van der Waals surface area contributed by atoms with Crippen molar-refractivity contribution in [3.8, 4) is 11.3 Å². The Hall–Kier alpha value is -1.99. The first-order valence-corrected chi connectivity index (χ1v) is 7.50. The summed E-state index contributed by atoms with van der Waals surface area (Å²) < 4.78 is 14.6. The van der Waals surface area contributed by atoms with Gasteiger partial charge in [0.05, 0.1) is 24.5 Å². The third kappa shape index (κ3) is 2.88. The number of fused-ring (bicyclic) bond motifs is 1. The number of anilines is 1. The molecule has 0 aliphatic heterocycles. The SMILES string of the molecule is CCC(CO)Nc1nn2cc(-c3ccc(F)cc3)nc2s1. The van der Waals surface area contributed by atoms with Crippen molar-refractivity contribution in [3.63, 3.8) is 0 Å². The van der Waals surface area contributed by atoms with Gasteiger partial charge >= 0.3 is 0 Å². The number of hydrogen-bond donors (Lipinski definition) is 2. The lowest BCUT2D eigenvalue weighted by Gasteiger charge is -2.11. The maximum atomic E-state index is 12.9.